The van der Waals surface area contributed by atoms with Crippen molar-refractivity contribution in [2.75, 3.05) is 18.1 Å². The third-order valence-electron chi connectivity index (χ3n) is 3.31. The van der Waals surface area contributed by atoms with Crippen molar-refractivity contribution in [3.05, 3.63) is 33.8 Å². The van der Waals surface area contributed by atoms with Gasteiger partial charge in [-0.05, 0) is 24.1 Å². The van der Waals surface area contributed by atoms with Crippen LogP contribution < -0.4 is 5.32 Å². The second kappa shape index (κ2) is 7.51. The molecule has 0 spiro atoms. The molecule has 1 atom stereocenters. The number of ether oxygens (including phenoxy) is 1. The standard InChI is InChI=1S/C14H15Cl2NO5S/c15-10-2-1-9(12(16)6-10)5-14(19)22-7-13(18)17-11-3-4-23(20,21)8-11/h1-2,6,11H,3-5,7-8H2,(H,17,18). The number of carbonyl (C=O) groups excluding carboxylic acids is 2. The monoisotopic (exact) mass is 379 g/mol. The van der Waals surface area contributed by atoms with Gasteiger partial charge < -0.3 is 10.1 Å². The quantitative estimate of drug-likeness (QED) is 0.780. The summed E-state index contributed by atoms with van der Waals surface area (Å²) in [4.78, 5) is 23.4. The number of carbonyl (C=O) groups is 2. The lowest BCUT2D eigenvalue weighted by molar-refractivity contribution is -0.148. The van der Waals surface area contributed by atoms with Gasteiger partial charge in [-0.25, -0.2) is 8.42 Å². The van der Waals surface area contributed by atoms with Gasteiger partial charge in [0.25, 0.3) is 5.91 Å². The summed E-state index contributed by atoms with van der Waals surface area (Å²) in [6.45, 7) is -0.458. The largest absolute Gasteiger partial charge is 0.455 e. The summed E-state index contributed by atoms with van der Waals surface area (Å²) in [5.74, 6) is -1.15. The van der Waals surface area contributed by atoms with Crippen LogP contribution in [-0.4, -0.2) is 44.4 Å². The minimum Gasteiger partial charge on any atom is -0.455 e. The number of nitrogens with one attached hydrogen (secondary N) is 1. The Labute approximate surface area is 144 Å². The van der Waals surface area contributed by atoms with Gasteiger partial charge in [-0.2, -0.15) is 0 Å². The predicted octanol–water partition coefficient (Wildman–Crippen LogP) is 1.38. The van der Waals surface area contributed by atoms with E-state index in [2.05, 4.69) is 5.32 Å². The zero-order valence-corrected chi connectivity index (χ0v) is 14.4. The van der Waals surface area contributed by atoms with Crippen LogP contribution in [-0.2, 0) is 30.6 Å². The molecule has 1 aliphatic rings. The van der Waals surface area contributed by atoms with E-state index in [0.29, 0.717) is 22.0 Å². The van der Waals surface area contributed by atoms with Gasteiger partial charge in [-0.15, -0.1) is 0 Å². The molecule has 1 saturated heterocycles. The van der Waals surface area contributed by atoms with Crippen LogP contribution in [0.15, 0.2) is 18.2 Å². The van der Waals surface area contributed by atoms with Crippen molar-refractivity contribution < 1.29 is 22.7 Å². The molecule has 0 bridgehead atoms. The van der Waals surface area contributed by atoms with Crippen LogP contribution in [0.1, 0.15) is 12.0 Å². The summed E-state index contributed by atoms with van der Waals surface area (Å²) in [6.07, 6.45) is 0.295. The highest BCUT2D eigenvalue weighted by molar-refractivity contribution is 7.91. The average Bonchev–Trinajstić information content (AvgIpc) is 2.79. The van der Waals surface area contributed by atoms with Crippen molar-refractivity contribution >= 4 is 44.9 Å². The van der Waals surface area contributed by atoms with Crippen molar-refractivity contribution in [2.45, 2.75) is 18.9 Å². The summed E-state index contributed by atoms with van der Waals surface area (Å²) >= 11 is 11.7. The van der Waals surface area contributed by atoms with E-state index < -0.39 is 34.4 Å². The van der Waals surface area contributed by atoms with Crippen molar-refractivity contribution in [2.24, 2.45) is 0 Å². The first-order valence-corrected chi connectivity index (χ1v) is 9.42. The molecule has 1 aromatic carbocycles. The minimum atomic E-state index is -3.07. The molecule has 0 radical (unpaired) electrons. The van der Waals surface area contributed by atoms with E-state index in [1.165, 1.54) is 6.07 Å². The van der Waals surface area contributed by atoms with Crippen LogP contribution in [0, 0.1) is 0 Å². The topological polar surface area (TPSA) is 89.5 Å². The SMILES string of the molecule is O=C(COC(=O)Cc1ccc(Cl)cc1Cl)NC1CCS(=O)(=O)C1. The van der Waals surface area contributed by atoms with Gasteiger partial charge in [0.1, 0.15) is 0 Å². The Balaban J connectivity index is 1.77. The molecule has 1 amide bonds. The first-order valence-electron chi connectivity index (χ1n) is 6.84. The maximum Gasteiger partial charge on any atom is 0.310 e. The lowest BCUT2D eigenvalue weighted by Gasteiger charge is -2.11. The van der Waals surface area contributed by atoms with Crippen LogP contribution in [0.4, 0.5) is 0 Å². The Morgan fingerprint density at radius 2 is 2.04 bits per heavy atom. The highest BCUT2D eigenvalue weighted by atomic mass is 35.5. The molecule has 0 aliphatic carbocycles. The molecule has 1 heterocycles. The minimum absolute atomic E-state index is 0.0623. The van der Waals surface area contributed by atoms with Crippen LogP contribution in [0.5, 0.6) is 0 Å². The molecule has 23 heavy (non-hydrogen) atoms. The van der Waals surface area contributed by atoms with E-state index in [0.717, 1.165) is 0 Å². The zero-order chi connectivity index (χ0) is 17.0. The van der Waals surface area contributed by atoms with Crippen LogP contribution in [0.25, 0.3) is 0 Å². The van der Waals surface area contributed by atoms with E-state index in [1.807, 2.05) is 0 Å². The molecule has 1 aliphatic heterocycles. The van der Waals surface area contributed by atoms with Crippen molar-refractivity contribution in [1.82, 2.24) is 5.32 Å². The number of hydrogen-bond donors (Lipinski definition) is 1. The van der Waals surface area contributed by atoms with E-state index in [-0.39, 0.29) is 17.9 Å². The zero-order valence-electron chi connectivity index (χ0n) is 12.1. The highest BCUT2D eigenvalue weighted by Gasteiger charge is 2.29. The van der Waals surface area contributed by atoms with Crippen molar-refractivity contribution in [3.63, 3.8) is 0 Å². The smallest absolute Gasteiger partial charge is 0.310 e. The maximum absolute atomic E-state index is 11.7. The van der Waals surface area contributed by atoms with Crippen LogP contribution >= 0.6 is 23.2 Å². The molecule has 1 aromatic rings. The normalized spacial score (nSPS) is 19.3. The fraction of sp³-hybridized carbons (Fsp3) is 0.429. The lowest BCUT2D eigenvalue weighted by atomic mass is 10.1. The van der Waals surface area contributed by atoms with Crippen LogP contribution in [0.2, 0.25) is 10.0 Å². The lowest BCUT2D eigenvalue weighted by Crippen LogP contribution is -2.38. The first kappa shape index (κ1) is 18.0. The Hall–Kier alpha value is -1.31. The van der Waals surface area contributed by atoms with Gasteiger partial charge in [0.2, 0.25) is 0 Å². The van der Waals surface area contributed by atoms with Crippen LogP contribution in [0.3, 0.4) is 0 Å². The fourth-order valence-electron chi connectivity index (χ4n) is 2.20. The summed E-state index contributed by atoms with van der Waals surface area (Å²) in [5, 5.41) is 3.33. The van der Waals surface area contributed by atoms with E-state index in [9.17, 15) is 18.0 Å². The summed E-state index contributed by atoms with van der Waals surface area (Å²) < 4.78 is 27.4. The Morgan fingerprint density at radius 3 is 2.65 bits per heavy atom. The van der Waals surface area contributed by atoms with Gasteiger partial charge in [-0.3, -0.25) is 9.59 Å². The number of benzene rings is 1. The molecule has 0 aromatic heterocycles. The Kier molecular flexibility index (Phi) is 5.89. The molecule has 1 N–H and O–H groups in total. The molecule has 1 unspecified atom stereocenters. The maximum atomic E-state index is 11.7. The molecule has 1 fully saturated rings. The van der Waals surface area contributed by atoms with E-state index in [4.69, 9.17) is 27.9 Å². The summed E-state index contributed by atoms with van der Waals surface area (Å²) in [5.41, 5.74) is 0.545. The van der Waals surface area contributed by atoms with Gasteiger partial charge in [0.15, 0.2) is 16.4 Å². The molecule has 2 rings (SSSR count). The predicted molar refractivity (Wildman–Crippen MR) is 86.3 cm³/mol. The molecule has 0 saturated carbocycles. The second-order valence-electron chi connectivity index (χ2n) is 5.24. The van der Waals surface area contributed by atoms with Gasteiger partial charge >= 0.3 is 5.97 Å². The van der Waals surface area contributed by atoms with Gasteiger partial charge in [0.05, 0.1) is 17.9 Å². The second-order valence-corrected chi connectivity index (χ2v) is 8.31. The number of halogens is 2. The summed E-state index contributed by atoms with van der Waals surface area (Å²) in [7, 11) is -3.07. The molecule has 6 nitrogen and oxygen atoms in total. The van der Waals surface area contributed by atoms with Gasteiger partial charge in [-0.1, -0.05) is 29.3 Å². The average molecular weight is 380 g/mol. The molecular weight excluding hydrogens is 365 g/mol. The third-order valence-corrected chi connectivity index (χ3v) is 5.67. The molecular formula is C14H15Cl2NO5S. The highest BCUT2D eigenvalue weighted by Crippen LogP contribution is 2.21. The Bertz CT molecular complexity index is 720. The summed E-state index contributed by atoms with van der Waals surface area (Å²) in [6, 6.07) is 4.30. The Morgan fingerprint density at radius 1 is 1.30 bits per heavy atom. The molecule has 9 heteroatoms. The number of hydrogen-bond acceptors (Lipinski definition) is 5. The number of esters is 1. The van der Waals surface area contributed by atoms with Crippen molar-refractivity contribution in [1.29, 1.82) is 0 Å². The van der Waals surface area contributed by atoms with Gasteiger partial charge in [0, 0.05) is 16.1 Å². The number of amides is 1. The fourth-order valence-corrected chi connectivity index (χ4v) is 4.34. The number of rotatable bonds is 5. The first-order chi connectivity index (χ1) is 10.7. The van der Waals surface area contributed by atoms with E-state index in [1.54, 1.807) is 12.1 Å². The third kappa shape index (κ3) is 5.67. The number of sulfone groups is 1. The van der Waals surface area contributed by atoms with Crippen molar-refractivity contribution in [3.8, 4) is 0 Å². The van der Waals surface area contributed by atoms with E-state index >= 15 is 0 Å². The molecule has 126 valence electrons.